The minimum Gasteiger partial charge on any atom is -0.451 e. The van der Waals surface area contributed by atoms with Crippen molar-refractivity contribution in [1.82, 2.24) is 29.6 Å². The number of imidazole rings is 1. The molecule has 1 saturated heterocycles. The van der Waals surface area contributed by atoms with Crippen LogP contribution in [0.1, 0.15) is 70.6 Å². The summed E-state index contributed by atoms with van der Waals surface area (Å²) in [7, 11) is -3.72. The fraction of sp³-hybridized carbons (Fsp3) is 0.289. The fourth-order valence-corrected chi connectivity index (χ4v) is 8.50. The number of carbonyl (C=O) groups is 3. The Morgan fingerprint density at radius 3 is 1.85 bits per heavy atom. The quantitative estimate of drug-likeness (QED) is 0.0961. The summed E-state index contributed by atoms with van der Waals surface area (Å²) in [5.74, 6) is -2.11. The number of aromatic nitrogens is 4. The van der Waals surface area contributed by atoms with Gasteiger partial charge in [0.25, 0.3) is 5.91 Å². The number of anilines is 1. The Labute approximate surface area is 353 Å². The molecule has 2 aromatic heterocycles. The molecule has 16 heteroatoms. The number of ether oxygens (including phenoxy) is 3. The molecule has 61 heavy (non-hydrogen) atoms. The SMILES string of the molecule is CCNC(=O)[C@H]1O[C@@H](n2cnc3c(NCC(c4ccccc4)c4ccccc4)nc(CNS(=O)(=O)CC(C)C)nc32)[C@H](OC(=O)c2ccccc2)[C@@H]1OC(=O)c1ccccc1. The Balaban J connectivity index is 1.32. The van der Waals surface area contributed by atoms with Crippen molar-refractivity contribution in [2.24, 2.45) is 5.92 Å². The molecule has 0 spiro atoms. The van der Waals surface area contributed by atoms with E-state index in [4.69, 9.17) is 29.2 Å². The van der Waals surface area contributed by atoms with Crippen LogP contribution < -0.4 is 15.4 Å². The Bertz CT molecular complexity index is 2500. The number of fused-ring (bicyclic) bond motifs is 1. The average molecular weight is 846 g/mol. The molecule has 3 heterocycles. The number of carbonyl (C=O) groups excluding carboxylic acids is 3. The van der Waals surface area contributed by atoms with E-state index in [1.165, 1.54) is 10.9 Å². The van der Waals surface area contributed by atoms with Crippen LogP contribution in [-0.4, -0.2) is 82.9 Å². The van der Waals surface area contributed by atoms with E-state index in [1.54, 1.807) is 81.4 Å². The van der Waals surface area contributed by atoms with Crippen LogP contribution in [0.15, 0.2) is 128 Å². The summed E-state index contributed by atoms with van der Waals surface area (Å²) in [6, 6.07) is 36.4. The highest BCUT2D eigenvalue weighted by atomic mass is 32.2. The van der Waals surface area contributed by atoms with Gasteiger partial charge in [0.2, 0.25) is 10.0 Å². The second-order valence-corrected chi connectivity index (χ2v) is 16.7. The third kappa shape index (κ3) is 10.3. The van der Waals surface area contributed by atoms with Crippen molar-refractivity contribution in [3.63, 3.8) is 0 Å². The molecular weight excluding hydrogens is 799 g/mol. The zero-order valence-corrected chi connectivity index (χ0v) is 34.7. The van der Waals surface area contributed by atoms with Gasteiger partial charge in [0.1, 0.15) is 5.82 Å². The van der Waals surface area contributed by atoms with Crippen LogP contribution in [0.5, 0.6) is 0 Å². The van der Waals surface area contributed by atoms with Gasteiger partial charge in [0, 0.05) is 19.0 Å². The number of esters is 2. The maximum atomic E-state index is 13.8. The first-order valence-corrected chi connectivity index (χ1v) is 21.7. The molecule has 0 unspecified atom stereocenters. The lowest BCUT2D eigenvalue weighted by Gasteiger charge is -2.25. The lowest BCUT2D eigenvalue weighted by molar-refractivity contribution is -0.137. The normalized spacial score (nSPS) is 17.7. The Morgan fingerprint density at radius 2 is 1.31 bits per heavy atom. The highest BCUT2D eigenvalue weighted by Gasteiger charge is 2.54. The minimum atomic E-state index is -3.72. The molecule has 4 aromatic carbocycles. The molecule has 0 radical (unpaired) electrons. The predicted molar refractivity (Wildman–Crippen MR) is 228 cm³/mol. The maximum absolute atomic E-state index is 13.8. The molecule has 0 saturated carbocycles. The number of benzene rings is 4. The molecule has 0 bridgehead atoms. The van der Waals surface area contributed by atoms with Crippen LogP contribution in [0.2, 0.25) is 0 Å². The van der Waals surface area contributed by atoms with Crippen LogP contribution in [0, 0.1) is 5.92 Å². The van der Waals surface area contributed by atoms with Gasteiger partial charge in [-0.3, -0.25) is 9.36 Å². The molecule has 4 atom stereocenters. The zero-order chi connectivity index (χ0) is 42.9. The van der Waals surface area contributed by atoms with E-state index in [-0.39, 0.29) is 58.8 Å². The molecule has 1 aliphatic rings. The van der Waals surface area contributed by atoms with Crippen LogP contribution >= 0.6 is 0 Å². The highest BCUT2D eigenvalue weighted by molar-refractivity contribution is 7.89. The number of rotatable bonds is 17. The van der Waals surface area contributed by atoms with E-state index in [2.05, 4.69) is 15.4 Å². The largest absolute Gasteiger partial charge is 0.451 e. The number of hydrogen-bond acceptors (Lipinski definition) is 12. The van der Waals surface area contributed by atoms with Crippen molar-refractivity contribution < 1.29 is 37.0 Å². The van der Waals surface area contributed by atoms with Crippen molar-refractivity contribution in [3.8, 4) is 0 Å². The molecule has 316 valence electrons. The number of amides is 1. The molecule has 1 aliphatic heterocycles. The Morgan fingerprint density at radius 1 is 0.770 bits per heavy atom. The first-order chi connectivity index (χ1) is 29.5. The van der Waals surface area contributed by atoms with Gasteiger partial charge < -0.3 is 24.8 Å². The van der Waals surface area contributed by atoms with E-state index in [0.29, 0.717) is 12.4 Å². The van der Waals surface area contributed by atoms with Crippen molar-refractivity contribution in [2.45, 2.75) is 57.8 Å². The summed E-state index contributed by atoms with van der Waals surface area (Å²) < 4.78 is 48.7. The van der Waals surface area contributed by atoms with Gasteiger partial charge >= 0.3 is 11.9 Å². The number of likely N-dealkylation sites (N-methyl/N-ethyl adjacent to an activating group) is 1. The first-order valence-electron chi connectivity index (χ1n) is 20.0. The van der Waals surface area contributed by atoms with E-state index in [0.717, 1.165) is 11.1 Å². The van der Waals surface area contributed by atoms with E-state index >= 15 is 0 Å². The number of sulfonamides is 1. The minimum absolute atomic E-state index is 0.100. The predicted octanol–water partition coefficient (Wildman–Crippen LogP) is 5.63. The van der Waals surface area contributed by atoms with Gasteiger partial charge in [-0.2, -0.15) is 0 Å². The van der Waals surface area contributed by atoms with Gasteiger partial charge in [0.15, 0.2) is 41.5 Å². The van der Waals surface area contributed by atoms with Crippen LogP contribution in [-0.2, 0) is 35.6 Å². The molecule has 6 aromatic rings. The lowest BCUT2D eigenvalue weighted by Crippen LogP contribution is -2.46. The molecule has 0 aliphatic carbocycles. The smallest absolute Gasteiger partial charge is 0.338 e. The topological polar surface area (TPSA) is 193 Å². The zero-order valence-electron chi connectivity index (χ0n) is 33.9. The molecule has 7 rings (SSSR count). The van der Waals surface area contributed by atoms with Crippen molar-refractivity contribution in [1.29, 1.82) is 0 Å². The summed E-state index contributed by atoms with van der Waals surface area (Å²) in [6.07, 6.45) is -4.21. The third-order valence-corrected chi connectivity index (χ3v) is 11.6. The lowest BCUT2D eigenvalue weighted by atomic mass is 9.91. The number of nitrogens with zero attached hydrogens (tertiary/aromatic N) is 4. The Hall–Kier alpha value is -6.49. The molecule has 1 amide bonds. The van der Waals surface area contributed by atoms with Crippen LogP contribution in [0.3, 0.4) is 0 Å². The van der Waals surface area contributed by atoms with Gasteiger partial charge in [-0.15, -0.1) is 0 Å². The summed E-state index contributed by atoms with van der Waals surface area (Å²) in [4.78, 5) is 55.3. The van der Waals surface area contributed by atoms with E-state index in [9.17, 15) is 22.8 Å². The molecule has 3 N–H and O–H groups in total. The number of nitrogens with one attached hydrogen (secondary N) is 3. The van der Waals surface area contributed by atoms with Gasteiger partial charge in [0.05, 0.1) is 29.8 Å². The van der Waals surface area contributed by atoms with E-state index < -0.39 is 52.4 Å². The van der Waals surface area contributed by atoms with Gasteiger partial charge in [-0.25, -0.2) is 37.7 Å². The standard InChI is InChI=1S/C45H47N7O8S/c1-4-46-42(53)38-37(59-44(54)32-21-13-7-14-22-32)39(60-45(55)33-23-15-8-16-24-33)43(58-38)52-28-48-36-40(50-35(51-41(36)52)26-49-61(56,57)27-29(2)3)47-25-34(30-17-9-5-10-18-30)31-19-11-6-12-20-31/h5-24,28-29,34,37-39,43,49H,4,25-27H2,1-3H3,(H,46,53)(H,47,50,51)/t37-,38+,39-,43-/m1/s1. The van der Waals surface area contributed by atoms with E-state index in [1.807, 2.05) is 60.7 Å². The summed E-state index contributed by atoms with van der Waals surface area (Å²) >= 11 is 0. The van der Waals surface area contributed by atoms with Gasteiger partial charge in [-0.05, 0) is 48.2 Å². The highest BCUT2D eigenvalue weighted by Crippen LogP contribution is 2.38. The van der Waals surface area contributed by atoms with Crippen molar-refractivity contribution >= 4 is 44.9 Å². The summed E-state index contributed by atoms with van der Waals surface area (Å²) in [5, 5.41) is 6.19. The molecule has 15 nitrogen and oxygen atoms in total. The second kappa shape index (κ2) is 19.3. The third-order valence-electron chi connectivity index (χ3n) is 9.93. The maximum Gasteiger partial charge on any atom is 0.338 e. The molecular formula is C45H47N7O8S. The second-order valence-electron chi connectivity index (χ2n) is 14.9. The summed E-state index contributed by atoms with van der Waals surface area (Å²) in [5.41, 5.74) is 2.97. The van der Waals surface area contributed by atoms with Crippen LogP contribution in [0.25, 0.3) is 11.2 Å². The monoisotopic (exact) mass is 845 g/mol. The van der Waals surface area contributed by atoms with Crippen molar-refractivity contribution in [3.05, 3.63) is 156 Å². The number of hydrogen-bond donors (Lipinski definition) is 3. The molecule has 1 fully saturated rings. The van der Waals surface area contributed by atoms with Gasteiger partial charge in [-0.1, -0.05) is 111 Å². The van der Waals surface area contributed by atoms with Crippen molar-refractivity contribution in [2.75, 3.05) is 24.2 Å². The Kier molecular flexibility index (Phi) is 13.5. The average Bonchev–Trinajstić information content (AvgIpc) is 3.85. The first kappa shape index (κ1) is 42.6. The van der Waals surface area contributed by atoms with Crippen LogP contribution in [0.4, 0.5) is 5.82 Å². The fourth-order valence-electron chi connectivity index (χ4n) is 7.16. The summed E-state index contributed by atoms with van der Waals surface area (Å²) in [6.45, 7) is 5.67.